The Morgan fingerprint density at radius 3 is 2.42 bits per heavy atom. The number of likely N-dealkylation sites (tertiary alicyclic amines) is 1. The van der Waals surface area contributed by atoms with Crippen molar-refractivity contribution in [3.8, 4) is 34.3 Å². The first-order valence-corrected chi connectivity index (χ1v) is 13.3. The summed E-state index contributed by atoms with van der Waals surface area (Å²) in [5.74, 6) is 0.681. The molecule has 1 aliphatic rings. The second-order valence-corrected chi connectivity index (χ2v) is 11.3. The average Bonchev–Trinajstić information content (AvgIpc) is 3.55. The van der Waals surface area contributed by atoms with Crippen molar-refractivity contribution in [1.82, 2.24) is 30.4 Å². The molecule has 0 radical (unpaired) electrons. The second-order valence-electron chi connectivity index (χ2n) is 9.07. The van der Waals surface area contributed by atoms with E-state index in [0.717, 1.165) is 29.8 Å². The van der Waals surface area contributed by atoms with Gasteiger partial charge in [-0.1, -0.05) is 24.3 Å². The molecular weight excluding hydrogens is 476 g/mol. The minimum Gasteiger partial charge on any atom is -0.415 e. The quantitative estimate of drug-likeness (QED) is 0.401. The van der Waals surface area contributed by atoms with Crippen molar-refractivity contribution in [2.45, 2.75) is 30.0 Å². The molecule has 0 aliphatic carbocycles. The molecule has 1 unspecified atom stereocenters. The highest BCUT2D eigenvalue weighted by molar-refractivity contribution is 7.92. The molecule has 1 atom stereocenters. The second kappa shape index (κ2) is 9.88. The summed E-state index contributed by atoms with van der Waals surface area (Å²) in [7, 11) is 0.475. The maximum absolute atomic E-state index is 13.0. The van der Waals surface area contributed by atoms with E-state index in [9.17, 15) is 8.42 Å². The minimum atomic E-state index is -3.37. The van der Waals surface area contributed by atoms with E-state index in [1.165, 1.54) is 0 Å². The molecular formula is C26H30N6O3S. The summed E-state index contributed by atoms with van der Waals surface area (Å²) in [5, 5.41) is 11.1. The van der Waals surface area contributed by atoms with Crippen LogP contribution in [0, 0.1) is 6.92 Å². The molecule has 0 bridgehead atoms. The number of hydrogen-bond donors (Lipinski definition) is 1. The fourth-order valence-electron chi connectivity index (χ4n) is 4.35. The summed E-state index contributed by atoms with van der Waals surface area (Å²) < 4.78 is 31.9. The van der Waals surface area contributed by atoms with E-state index in [1.807, 2.05) is 50.2 Å². The van der Waals surface area contributed by atoms with Crippen molar-refractivity contribution >= 4 is 9.84 Å². The average molecular weight is 507 g/mol. The predicted octanol–water partition coefficient (Wildman–Crippen LogP) is 3.61. The molecule has 0 amide bonds. The van der Waals surface area contributed by atoms with Crippen LogP contribution < -0.4 is 5.32 Å². The van der Waals surface area contributed by atoms with Crippen LogP contribution in [0.3, 0.4) is 0 Å². The Morgan fingerprint density at radius 1 is 1.06 bits per heavy atom. The number of hydrogen-bond acceptors (Lipinski definition) is 9. The molecule has 0 saturated carbocycles. The molecule has 1 N–H and O–H groups in total. The van der Waals surface area contributed by atoms with Gasteiger partial charge in [0.25, 0.3) is 5.89 Å². The molecule has 188 valence electrons. The fraction of sp³-hybridized carbons (Fsp3) is 0.308. The van der Waals surface area contributed by atoms with Gasteiger partial charge < -0.3 is 14.6 Å². The number of rotatable bonds is 7. The zero-order valence-electron chi connectivity index (χ0n) is 20.5. The summed E-state index contributed by atoms with van der Waals surface area (Å²) >= 11 is 0. The highest BCUT2D eigenvalue weighted by Gasteiger charge is 2.32. The van der Waals surface area contributed by atoms with Crippen molar-refractivity contribution in [2.75, 3.05) is 27.2 Å². The molecule has 3 heterocycles. The van der Waals surface area contributed by atoms with Gasteiger partial charge in [0.1, 0.15) is 5.69 Å². The van der Waals surface area contributed by atoms with E-state index in [4.69, 9.17) is 9.40 Å². The van der Waals surface area contributed by atoms with E-state index in [2.05, 4.69) is 20.5 Å². The first kappa shape index (κ1) is 24.2. The Balaban J connectivity index is 0.00000320. The van der Waals surface area contributed by atoms with Crippen LogP contribution in [-0.2, 0) is 16.4 Å². The van der Waals surface area contributed by atoms with Gasteiger partial charge in [0.05, 0.1) is 27.7 Å². The Bertz CT molecular complexity index is 1470. The van der Waals surface area contributed by atoms with Gasteiger partial charge in [-0.05, 0) is 63.8 Å². The first-order chi connectivity index (χ1) is 17.3. The van der Waals surface area contributed by atoms with Crippen LogP contribution >= 0.6 is 0 Å². The van der Waals surface area contributed by atoms with E-state index in [1.54, 1.807) is 30.5 Å². The minimum absolute atomic E-state index is 0. The summed E-state index contributed by atoms with van der Waals surface area (Å²) in [5.41, 5.74) is 4.47. The van der Waals surface area contributed by atoms with Crippen molar-refractivity contribution in [3.63, 3.8) is 0 Å². The highest BCUT2D eigenvalue weighted by Crippen LogP contribution is 2.29. The van der Waals surface area contributed by atoms with Crippen LogP contribution in [0.2, 0.25) is 0 Å². The Kier molecular flexibility index (Phi) is 6.65. The lowest BCUT2D eigenvalue weighted by molar-refractivity contribution is 0.417. The summed E-state index contributed by atoms with van der Waals surface area (Å²) in [6, 6.07) is 14.7. The number of aromatic nitrogens is 4. The van der Waals surface area contributed by atoms with Crippen LogP contribution in [0.5, 0.6) is 0 Å². The van der Waals surface area contributed by atoms with Crippen molar-refractivity contribution < 1.29 is 14.3 Å². The van der Waals surface area contributed by atoms with Crippen LogP contribution in [-0.4, -0.2) is 65.9 Å². The van der Waals surface area contributed by atoms with Crippen LogP contribution in [0.25, 0.3) is 34.3 Å². The van der Waals surface area contributed by atoms with Gasteiger partial charge in [0.15, 0.2) is 9.84 Å². The van der Waals surface area contributed by atoms with Gasteiger partial charge >= 0.3 is 0 Å². The molecule has 5 rings (SSSR count). The summed E-state index contributed by atoms with van der Waals surface area (Å²) in [4.78, 5) is 11.6. The standard InChI is InChI=1S/C26H28N6O3S.H2/c1-17-24(26-31-30-25(35-26)20-6-4-18(5-7-20)14-27-2)29-23(15-28-17)19-8-10-21(11-9-19)36(33,34)22-12-13-32(3)16-22;/h4-11,15,22,27H,12-14,16H2,1-3H3;1H. The number of benzene rings is 2. The Hall–Kier alpha value is -3.47. The largest absolute Gasteiger partial charge is 0.415 e. The van der Waals surface area contributed by atoms with Crippen LogP contribution in [0.4, 0.5) is 0 Å². The number of aryl methyl sites for hydroxylation is 1. The van der Waals surface area contributed by atoms with E-state index in [0.29, 0.717) is 40.8 Å². The third-order valence-electron chi connectivity index (χ3n) is 6.43. The maximum atomic E-state index is 13.0. The maximum Gasteiger partial charge on any atom is 0.268 e. The Labute approximate surface area is 212 Å². The molecule has 36 heavy (non-hydrogen) atoms. The van der Waals surface area contributed by atoms with Crippen molar-refractivity contribution in [3.05, 3.63) is 66.0 Å². The lowest BCUT2D eigenvalue weighted by Gasteiger charge is -2.12. The molecule has 2 aromatic carbocycles. The van der Waals surface area contributed by atoms with Gasteiger partial charge in [-0.3, -0.25) is 4.98 Å². The van der Waals surface area contributed by atoms with Gasteiger partial charge in [-0.2, -0.15) is 0 Å². The third-order valence-corrected chi connectivity index (χ3v) is 8.62. The van der Waals surface area contributed by atoms with Crippen LogP contribution in [0.15, 0.2) is 64.0 Å². The predicted molar refractivity (Wildman–Crippen MR) is 139 cm³/mol. The first-order valence-electron chi connectivity index (χ1n) is 11.8. The number of nitrogens with one attached hydrogen (secondary N) is 1. The van der Waals surface area contributed by atoms with Crippen LogP contribution in [0.1, 0.15) is 19.1 Å². The lowest BCUT2D eigenvalue weighted by atomic mass is 10.1. The van der Waals surface area contributed by atoms with Gasteiger partial charge in [0.2, 0.25) is 5.89 Å². The SMILES string of the molecule is CNCc1ccc(-c2nnc(-c3nc(-c4ccc(S(=O)(=O)C5CCN(C)C5)cc4)cnc3C)o2)cc1.[HH]. The summed E-state index contributed by atoms with van der Waals surface area (Å²) in [6.07, 6.45) is 2.31. The lowest BCUT2D eigenvalue weighted by Crippen LogP contribution is -2.25. The monoisotopic (exact) mass is 506 g/mol. The molecule has 1 saturated heterocycles. The van der Waals surface area contributed by atoms with Gasteiger partial charge in [-0.15, -0.1) is 10.2 Å². The fourth-order valence-corrected chi connectivity index (χ4v) is 6.12. The molecule has 1 aliphatic heterocycles. The molecule has 4 aromatic rings. The number of sulfone groups is 1. The number of nitrogens with zero attached hydrogens (tertiary/aromatic N) is 5. The van der Waals surface area contributed by atoms with Gasteiger partial charge in [0, 0.05) is 25.6 Å². The van der Waals surface area contributed by atoms with Gasteiger partial charge in [-0.25, -0.2) is 13.4 Å². The zero-order chi connectivity index (χ0) is 25.3. The highest BCUT2D eigenvalue weighted by atomic mass is 32.2. The Morgan fingerprint density at radius 2 is 1.75 bits per heavy atom. The molecule has 2 aromatic heterocycles. The smallest absolute Gasteiger partial charge is 0.268 e. The molecule has 0 spiro atoms. The molecule has 9 nitrogen and oxygen atoms in total. The van der Waals surface area contributed by atoms with E-state index >= 15 is 0 Å². The zero-order valence-corrected chi connectivity index (χ0v) is 21.3. The van der Waals surface area contributed by atoms with E-state index in [-0.39, 0.29) is 12.6 Å². The summed E-state index contributed by atoms with van der Waals surface area (Å²) in [6.45, 7) is 3.96. The molecule has 10 heteroatoms. The molecule has 1 fully saturated rings. The normalized spacial score (nSPS) is 16.5. The van der Waals surface area contributed by atoms with E-state index < -0.39 is 9.84 Å². The van der Waals surface area contributed by atoms with Crippen molar-refractivity contribution in [2.24, 2.45) is 0 Å². The third kappa shape index (κ3) is 4.79. The topological polar surface area (TPSA) is 114 Å². The van der Waals surface area contributed by atoms with Crippen molar-refractivity contribution in [1.29, 1.82) is 0 Å².